The van der Waals surface area contributed by atoms with Crippen molar-refractivity contribution in [1.29, 1.82) is 5.26 Å². The summed E-state index contributed by atoms with van der Waals surface area (Å²) in [5.74, 6) is -0.787. The van der Waals surface area contributed by atoms with Gasteiger partial charge in [-0.2, -0.15) is 5.26 Å². The van der Waals surface area contributed by atoms with E-state index in [1.165, 1.54) is 28.5 Å². The standard InChI is InChI=1S/C28H51N2O11PSi.C18H36BO9PSi.C11H19B3O9P.2H2/c1-10-30-24(31)12-13-25(32)39-21-16-19(2)37-22(21)18-36-42(33,35-15-11-14-29)40-27-23(17-34-7)38-20(3)26(27)41-43(8,9)28(4,5)6;1-11-8-12(20)13(25-11)10-24-29(21,22)27-15-14(9-23-5)26-17(19)16(15)28-30(6,7)18(2,3)4;1-19-3-7-10(9(16)11(12)22-7)23-24(17,18)20-4-6-5(15)2-8(14-13)21-6;;/h19-23,26-27H,10-13,15-18H2,1-9H3,(H,30,31);11-17,20H,8-10H2,1-7H3,(H,21,22);5-11,15-16H,2-4H2,1H3,(H,17,18);2*1H/t19-,20-,21+,22+,23+,26?,27-,42?;11-,12+,13+,14+,15-,16?,17+;5-,6-,7-,8-,9?,10+,11-;;/m001../s1. The number of phosphoric ester groups is 3. The largest absolute Gasteiger partial charge is 0.475 e. The lowest BCUT2D eigenvalue weighted by atomic mass is 9.51. The molecule has 7 radical (unpaired) electrons. The summed E-state index contributed by atoms with van der Waals surface area (Å²) in [6.07, 6.45) is -12.2. The summed E-state index contributed by atoms with van der Waals surface area (Å²) in [5.41, 5.74) is 0. The molecule has 6 fully saturated rings. The number of phosphoric acid groups is 3. The number of hydrogen-bond acceptors (Lipinski definition) is 28. The van der Waals surface area contributed by atoms with Crippen molar-refractivity contribution in [3.63, 3.8) is 0 Å². The van der Waals surface area contributed by atoms with Crippen LogP contribution in [0, 0.1) is 11.3 Å². The summed E-state index contributed by atoms with van der Waals surface area (Å²) < 4.78 is 145. The van der Waals surface area contributed by atoms with Crippen LogP contribution < -0.4 is 5.32 Å². The monoisotopic (exact) mass is 1480 g/mol. The second-order valence-electron chi connectivity index (χ2n) is 27.6. The number of carbonyl (C=O) groups excluding carboxylic acids is 2. The highest BCUT2D eigenvalue weighted by Gasteiger charge is 2.55. The van der Waals surface area contributed by atoms with E-state index in [1.807, 2.05) is 26.8 Å². The van der Waals surface area contributed by atoms with Gasteiger partial charge in [0.1, 0.15) is 88.9 Å². The van der Waals surface area contributed by atoms with Gasteiger partial charge in [-0.15, -0.1) is 0 Å². The van der Waals surface area contributed by atoms with Crippen LogP contribution >= 0.6 is 23.5 Å². The summed E-state index contributed by atoms with van der Waals surface area (Å²) in [5, 5.41) is 41.1. The van der Waals surface area contributed by atoms with Crippen molar-refractivity contribution in [2.24, 2.45) is 0 Å². The predicted octanol–water partition coefficient (Wildman–Crippen LogP) is 4.36. The van der Waals surface area contributed by atoms with Crippen LogP contribution in [0.2, 0.25) is 36.3 Å². The Bertz CT molecular complexity index is 2620. The minimum atomic E-state index is -4.56. The second-order valence-corrected chi connectivity index (χ2v) is 41.6. The van der Waals surface area contributed by atoms with Crippen LogP contribution in [0.3, 0.4) is 0 Å². The number of hydrogen-bond donors (Lipinski definition) is 6. The fraction of sp³-hybridized carbons (Fsp3) is 0.947. The molecular weight excluding hydrogens is 1370 g/mol. The number of methoxy groups -OCH3 is 3. The predicted molar refractivity (Wildman–Crippen MR) is 362 cm³/mol. The molecule has 97 heavy (non-hydrogen) atoms. The molecule has 6 N–H and O–H groups in total. The van der Waals surface area contributed by atoms with E-state index < -0.39 is 162 Å². The Morgan fingerprint density at radius 3 is 1.60 bits per heavy atom. The highest BCUT2D eigenvalue weighted by molar-refractivity contribution is 7.48. The third kappa shape index (κ3) is 27.4. The molecule has 6 heterocycles. The Morgan fingerprint density at radius 2 is 1.09 bits per heavy atom. The number of rotatable bonds is 34. The molecule has 31 nitrogen and oxygen atoms in total. The molecule has 24 atom stereocenters. The number of carbonyl (C=O) groups is 2. The van der Waals surface area contributed by atoms with Gasteiger partial charge >= 0.3 is 29.4 Å². The van der Waals surface area contributed by atoms with Crippen molar-refractivity contribution in [2.75, 3.05) is 74.1 Å². The number of nitrogens with one attached hydrogen (secondary N) is 1. The van der Waals surface area contributed by atoms with Crippen molar-refractivity contribution in [3.8, 4) is 6.07 Å². The van der Waals surface area contributed by atoms with Gasteiger partial charge in [-0.05, 0) is 70.4 Å². The molecule has 6 unspecified atom stereocenters. The van der Waals surface area contributed by atoms with Crippen molar-refractivity contribution < 1.29 is 139 Å². The Kier molecular flexibility index (Phi) is 35.8. The first-order valence-electron chi connectivity index (χ1n) is 32.6. The molecule has 557 valence electrons. The van der Waals surface area contributed by atoms with Crippen LogP contribution in [0.5, 0.6) is 0 Å². The van der Waals surface area contributed by atoms with Crippen LogP contribution in [0.15, 0.2) is 0 Å². The van der Waals surface area contributed by atoms with Crippen LogP contribution in [0.1, 0.15) is 111 Å². The highest BCUT2D eigenvalue weighted by atomic mass is 31.2. The molecule has 0 bridgehead atoms. The first-order valence-corrected chi connectivity index (χ1v) is 42.8. The van der Waals surface area contributed by atoms with E-state index in [-0.39, 0.29) is 103 Å². The van der Waals surface area contributed by atoms with E-state index in [9.17, 15) is 48.4 Å². The molecule has 6 aliphatic heterocycles. The van der Waals surface area contributed by atoms with E-state index in [0.29, 0.717) is 19.4 Å². The topological polar surface area (TPSA) is 398 Å². The minimum Gasteiger partial charge on any atom is -0.459 e. The van der Waals surface area contributed by atoms with E-state index in [2.05, 4.69) is 73.0 Å². The maximum absolute atomic E-state index is 14.1. The van der Waals surface area contributed by atoms with Crippen LogP contribution in [-0.2, 0) is 111 Å². The molecule has 0 aromatic rings. The Morgan fingerprint density at radius 1 is 0.619 bits per heavy atom. The van der Waals surface area contributed by atoms with Gasteiger partial charge in [0.05, 0.1) is 109 Å². The summed E-state index contributed by atoms with van der Waals surface area (Å²) in [4.78, 5) is 44.3. The minimum absolute atomic E-state index is 0. The summed E-state index contributed by atoms with van der Waals surface area (Å²) in [6, 6.07) is -0.418. The SMILES string of the molecule is CCNC(=O)CCC(=O)O[C@@H]1C[C@H](C)O[C@@H]1COP(=O)(OCCC#N)O[C@@H]1C(O[Si](C)(C)C(C)(C)C)[C@H](C)O[C@@H]1COC.[B][B][C@H]1C[C@@H](O)[C@@H](COP(=O)(O)O[C@@H]2C(O)[C@H]([B])O[C@@H]2COC)O1.[B][C@@H]1O[C@H](COC)[C@H](OP(=O)(O)OC[C@H]2O[C@@H](C)C[C@H]2O)C1O[Si](C)(C)C(C)(C)C.[HH].[HH]. The average molecular weight is 1480 g/mol. The third-order valence-corrected chi connectivity index (χ3v) is 30.0. The zero-order chi connectivity index (χ0) is 73.2. The molecule has 0 spiro atoms. The molecule has 0 aromatic carbocycles. The average Bonchev–Trinajstić information content (AvgIpc) is 1.68. The van der Waals surface area contributed by atoms with Gasteiger partial charge in [0, 0.05) is 75.7 Å². The van der Waals surface area contributed by atoms with Gasteiger partial charge in [-0.25, -0.2) is 13.7 Å². The van der Waals surface area contributed by atoms with Crippen molar-refractivity contribution >= 4 is 82.6 Å². The van der Waals surface area contributed by atoms with Gasteiger partial charge in [0.15, 0.2) is 16.6 Å². The van der Waals surface area contributed by atoms with E-state index in [1.54, 1.807) is 6.92 Å². The third-order valence-electron chi connectivity index (χ3n) is 17.6. The Labute approximate surface area is 582 Å². The summed E-state index contributed by atoms with van der Waals surface area (Å²) in [7, 11) is 4.71. The Balaban J connectivity index is 0.000000523. The molecule has 6 rings (SSSR count). The molecule has 0 aliphatic carbocycles. The number of amides is 1. The van der Waals surface area contributed by atoms with E-state index in [0.717, 1.165) is 0 Å². The molecule has 6 aliphatic rings. The smallest absolute Gasteiger partial charge is 0.459 e. The van der Waals surface area contributed by atoms with E-state index in [4.69, 9.17) is 117 Å². The fourth-order valence-corrected chi connectivity index (χ4v) is 16.4. The molecule has 1 amide bonds. The Hall–Kier alpha value is -1.11. The molecule has 40 heteroatoms. The van der Waals surface area contributed by atoms with Crippen LogP contribution in [-0.4, -0.2) is 286 Å². The zero-order valence-corrected chi connectivity index (χ0v) is 63.8. The fourth-order valence-electron chi connectivity index (χ4n) is 10.4. The zero-order valence-electron chi connectivity index (χ0n) is 59.2. The number of esters is 1. The quantitative estimate of drug-likeness (QED) is 0.0225. The lowest BCUT2D eigenvalue weighted by Crippen LogP contribution is -2.50. The van der Waals surface area contributed by atoms with Gasteiger partial charge in [-0.3, -0.25) is 41.3 Å². The second kappa shape index (κ2) is 39.3. The lowest BCUT2D eigenvalue weighted by Gasteiger charge is -2.40. The molecule has 6 saturated heterocycles. The van der Waals surface area contributed by atoms with Crippen LogP contribution in [0.4, 0.5) is 0 Å². The maximum atomic E-state index is 14.1. The molecule has 0 saturated carbocycles. The van der Waals surface area contributed by atoms with Crippen LogP contribution in [0.25, 0.3) is 0 Å². The highest BCUT2D eigenvalue weighted by Crippen LogP contribution is 2.55. The van der Waals surface area contributed by atoms with E-state index >= 15 is 0 Å². The van der Waals surface area contributed by atoms with Gasteiger partial charge in [0.25, 0.3) is 0 Å². The van der Waals surface area contributed by atoms with Gasteiger partial charge in [0.2, 0.25) is 5.91 Å². The normalized spacial score (nSPS) is 34.9. The van der Waals surface area contributed by atoms with Gasteiger partial charge < -0.3 is 86.6 Å². The lowest BCUT2D eigenvalue weighted by molar-refractivity contribution is -0.153. The van der Waals surface area contributed by atoms with Gasteiger partial charge in [-0.1, -0.05) is 41.5 Å². The summed E-state index contributed by atoms with van der Waals surface area (Å²) >= 11 is 0. The number of nitriles is 1. The number of ether oxygens (including phenoxy) is 10. The number of aliphatic hydroxyl groups excluding tert-OH is 3. The molecular formula is C57H110B4N2O29P3Si2. The maximum Gasteiger partial charge on any atom is 0.475 e. The first kappa shape index (κ1) is 88.3. The van der Waals surface area contributed by atoms with Crippen molar-refractivity contribution in [1.82, 2.24) is 5.32 Å². The van der Waals surface area contributed by atoms with Crippen molar-refractivity contribution in [3.05, 3.63) is 0 Å². The first-order chi connectivity index (χ1) is 45.0. The number of aliphatic hydroxyl groups is 3. The number of nitrogens with zero attached hydrogens (tertiary/aromatic N) is 1. The molecule has 0 aromatic heterocycles. The van der Waals surface area contributed by atoms with Crippen molar-refractivity contribution in [2.45, 2.75) is 272 Å². The summed E-state index contributed by atoms with van der Waals surface area (Å²) in [6.45, 7) is 27.8.